The second-order valence-corrected chi connectivity index (χ2v) is 7.25. The maximum Gasteiger partial charge on any atom is 0.573 e. The van der Waals surface area contributed by atoms with Crippen molar-refractivity contribution in [1.82, 2.24) is 10.7 Å². The van der Waals surface area contributed by atoms with Crippen LogP contribution in [0.2, 0.25) is 0 Å². The van der Waals surface area contributed by atoms with Gasteiger partial charge in [0.25, 0.3) is 0 Å². The van der Waals surface area contributed by atoms with Gasteiger partial charge < -0.3 is 15.8 Å². The summed E-state index contributed by atoms with van der Waals surface area (Å²) in [6.07, 6.45) is -4.81. The van der Waals surface area contributed by atoms with Crippen LogP contribution >= 0.6 is 11.3 Å². The van der Waals surface area contributed by atoms with E-state index in [2.05, 4.69) is 15.5 Å². The maximum absolute atomic E-state index is 12.9. The number of alkyl halides is 3. The van der Waals surface area contributed by atoms with Gasteiger partial charge in [0, 0.05) is 11.4 Å². The number of carbonyl (C=O) groups is 2. The summed E-state index contributed by atoms with van der Waals surface area (Å²) in [6, 6.07) is 3.21. The lowest BCUT2D eigenvalue weighted by molar-refractivity contribution is -0.274. The van der Waals surface area contributed by atoms with Gasteiger partial charge in [0.2, 0.25) is 0 Å². The number of Topliss-reactive ketones (excluding diaryl/α,β-unsaturated/α-hetero) is 1. The second kappa shape index (κ2) is 7.32. The molecule has 0 radical (unpaired) electrons. The van der Waals surface area contributed by atoms with Crippen molar-refractivity contribution >= 4 is 33.8 Å². The van der Waals surface area contributed by atoms with Gasteiger partial charge in [0.05, 0.1) is 16.3 Å². The number of anilines is 2. The van der Waals surface area contributed by atoms with E-state index in [9.17, 15) is 22.8 Å². The van der Waals surface area contributed by atoms with Crippen LogP contribution in [0.25, 0.3) is 0 Å². The number of rotatable bonds is 3. The number of urea groups is 1. The van der Waals surface area contributed by atoms with E-state index in [1.165, 1.54) is 17.1 Å². The quantitative estimate of drug-likeness (QED) is 0.713. The van der Waals surface area contributed by atoms with Crippen LogP contribution in [0.5, 0.6) is 5.75 Å². The minimum absolute atomic E-state index is 0.149. The number of ether oxygens (including phenoxy) is 1. The molecule has 0 bridgehead atoms. The lowest BCUT2D eigenvalue weighted by Crippen LogP contribution is -2.55. The smallest absolute Gasteiger partial charge is 0.406 e. The van der Waals surface area contributed by atoms with E-state index in [1.807, 2.05) is 0 Å². The van der Waals surface area contributed by atoms with Crippen LogP contribution in [0.1, 0.15) is 35.8 Å². The molecule has 4 N–H and O–H groups in total. The molecule has 1 aromatic carbocycles. The third-order valence-electron chi connectivity index (χ3n) is 3.87. The van der Waals surface area contributed by atoms with E-state index < -0.39 is 24.2 Å². The Morgan fingerprint density at radius 1 is 1.32 bits per heavy atom. The summed E-state index contributed by atoms with van der Waals surface area (Å²) in [7, 11) is 0. The van der Waals surface area contributed by atoms with Gasteiger partial charge in [-0.1, -0.05) is 12.1 Å². The van der Waals surface area contributed by atoms with E-state index in [-0.39, 0.29) is 22.4 Å². The molecule has 1 aromatic heterocycles. The van der Waals surface area contributed by atoms with Crippen LogP contribution in [-0.4, -0.2) is 24.2 Å². The average molecular weight is 414 g/mol. The van der Waals surface area contributed by atoms with Gasteiger partial charge >= 0.3 is 12.4 Å². The number of hydrogen-bond acceptors (Lipinski definition) is 6. The third-order valence-corrected chi connectivity index (χ3v) is 4.67. The molecule has 0 spiro atoms. The first-order chi connectivity index (χ1) is 13.1. The molecule has 0 fully saturated rings. The van der Waals surface area contributed by atoms with E-state index in [0.717, 1.165) is 23.5 Å². The first-order valence-electron chi connectivity index (χ1n) is 8.20. The number of nitrogen functional groups attached to an aromatic ring is 1. The number of hydrogen-bond donors (Lipinski definition) is 3. The summed E-state index contributed by atoms with van der Waals surface area (Å²) in [4.78, 5) is 25.4. The topological polar surface area (TPSA) is 96.7 Å². The summed E-state index contributed by atoms with van der Waals surface area (Å²) >= 11 is 1.12. The fourth-order valence-electron chi connectivity index (χ4n) is 2.74. The Kier molecular flexibility index (Phi) is 5.22. The van der Waals surface area contributed by atoms with Gasteiger partial charge in [-0.25, -0.2) is 15.2 Å². The molecule has 1 aliphatic heterocycles. The van der Waals surface area contributed by atoms with Crippen LogP contribution in [0, 0.1) is 0 Å². The Morgan fingerprint density at radius 3 is 2.54 bits per heavy atom. The van der Waals surface area contributed by atoms with Crippen molar-refractivity contribution < 1.29 is 27.5 Å². The zero-order valence-corrected chi connectivity index (χ0v) is 15.6. The van der Waals surface area contributed by atoms with E-state index >= 15 is 0 Å². The molecule has 11 heteroatoms. The average Bonchev–Trinajstić information content (AvgIpc) is 2.96. The fourth-order valence-corrected chi connectivity index (χ4v) is 3.53. The van der Waals surface area contributed by atoms with E-state index in [1.54, 1.807) is 19.2 Å². The lowest BCUT2D eigenvalue weighted by atomic mass is 9.96. The molecule has 0 saturated heterocycles. The Hall–Kier alpha value is -2.79. The van der Waals surface area contributed by atoms with Crippen LogP contribution < -0.4 is 26.2 Å². The molecular weight excluding hydrogens is 397 g/mol. The zero-order valence-electron chi connectivity index (χ0n) is 14.8. The third kappa shape index (κ3) is 4.04. The Morgan fingerprint density at radius 2 is 1.96 bits per heavy atom. The summed E-state index contributed by atoms with van der Waals surface area (Å²) < 4.78 is 40.8. The highest BCUT2D eigenvalue weighted by atomic mass is 32.1. The number of hydrazine groups is 1. The number of fused-ring (bicyclic) bond motifs is 1. The molecule has 2 heterocycles. The van der Waals surface area contributed by atoms with Crippen molar-refractivity contribution in [2.24, 2.45) is 0 Å². The van der Waals surface area contributed by atoms with Gasteiger partial charge in [0.1, 0.15) is 11.8 Å². The summed E-state index contributed by atoms with van der Waals surface area (Å²) in [5.41, 5.74) is 9.63. The highest BCUT2D eigenvalue weighted by Crippen LogP contribution is 2.39. The van der Waals surface area contributed by atoms with Crippen molar-refractivity contribution in [2.75, 3.05) is 10.7 Å². The molecule has 7 nitrogen and oxygen atoms in total. The van der Waals surface area contributed by atoms with Gasteiger partial charge in [-0.05, 0) is 31.5 Å². The van der Waals surface area contributed by atoms with Gasteiger partial charge in [-0.15, -0.1) is 24.5 Å². The van der Waals surface area contributed by atoms with Crippen molar-refractivity contribution in [3.63, 3.8) is 0 Å². The number of halogens is 3. The first kappa shape index (κ1) is 20.0. The molecule has 28 heavy (non-hydrogen) atoms. The summed E-state index contributed by atoms with van der Waals surface area (Å²) in [6.45, 7) is 3.57. The van der Waals surface area contributed by atoms with E-state index in [4.69, 9.17) is 5.73 Å². The molecule has 150 valence electrons. The van der Waals surface area contributed by atoms with Gasteiger partial charge in [0.15, 0.2) is 5.78 Å². The second-order valence-electron chi connectivity index (χ2n) is 6.34. The lowest BCUT2D eigenvalue weighted by Gasteiger charge is -2.33. The van der Waals surface area contributed by atoms with Crippen molar-refractivity contribution in [3.8, 4) is 5.75 Å². The van der Waals surface area contributed by atoms with Crippen molar-refractivity contribution in [3.05, 3.63) is 40.8 Å². The molecule has 1 atom stereocenters. The highest BCUT2D eigenvalue weighted by Gasteiger charge is 2.38. The maximum atomic E-state index is 12.9. The molecule has 1 unspecified atom stereocenters. The highest BCUT2D eigenvalue weighted by molar-refractivity contribution is 7.15. The fraction of sp³-hybridized carbons (Fsp3) is 0.294. The first-order valence-corrected chi connectivity index (χ1v) is 9.08. The number of thiophene rings is 1. The normalized spacial score (nSPS) is 16.9. The minimum atomic E-state index is -4.81. The van der Waals surface area contributed by atoms with Gasteiger partial charge in [-0.2, -0.15) is 0 Å². The Labute approximate surface area is 162 Å². The number of nitrogens with two attached hydrogens (primary N) is 1. The van der Waals surface area contributed by atoms with Gasteiger partial charge in [-0.3, -0.25) is 4.79 Å². The van der Waals surface area contributed by atoms with Crippen LogP contribution in [0.15, 0.2) is 29.6 Å². The predicted octanol–water partition coefficient (Wildman–Crippen LogP) is 3.60. The Balaban J connectivity index is 1.93. The van der Waals surface area contributed by atoms with Crippen molar-refractivity contribution in [1.29, 1.82) is 0 Å². The van der Waals surface area contributed by atoms with Crippen LogP contribution in [-0.2, 0) is 0 Å². The predicted molar refractivity (Wildman–Crippen MR) is 98.2 cm³/mol. The molecule has 3 rings (SSSR count). The SMILES string of the molecule is CC(C)NC(=O)N1NC(c2ccc(OC(F)(F)F)cc2)C(=O)c2c1csc2N. The molecule has 1 aliphatic rings. The minimum Gasteiger partial charge on any atom is -0.406 e. The number of nitrogens with one attached hydrogen (secondary N) is 2. The monoisotopic (exact) mass is 414 g/mol. The van der Waals surface area contributed by atoms with E-state index in [0.29, 0.717) is 11.3 Å². The number of ketones is 1. The molecular formula is C17H17F3N4O3S. The summed E-state index contributed by atoms with van der Waals surface area (Å²) in [5, 5.41) is 5.75. The zero-order chi connectivity index (χ0) is 20.6. The van der Waals surface area contributed by atoms with Crippen molar-refractivity contribution in [2.45, 2.75) is 32.3 Å². The van der Waals surface area contributed by atoms with Crippen LogP contribution in [0.4, 0.5) is 28.7 Å². The molecule has 0 aliphatic carbocycles. The summed E-state index contributed by atoms with van der Waals surface area (Å²) in [5.74, 6) is -0.795. The van der Waals surface area contributed by atoms with Crippen LogP contribution in [0.3, 0.4) is 0 Å². The number of benzene rings is 1. The largest absolute Gasteiger partial charge is 0.573 e. The molecule has 2 aromatic rings. The number of amides is 2. The molecule has 2 amide bonds. The standard InChI is InChI=1S/C17H17F3N4O3S/c1-8(2)22-16(26)24-11-7-28-15(21)12(11)14(25)13(23-24)9-3-5-10(6-4-9)27-17(18,19)20/h3-8,13,23H,21H2,1-2H3,(H,22,26). The number of carbonyl (C=O) groups excluding carboxylic acids is 2. The number of nitrogens with zero attached hydrogens (tertiary/aromatic N) is 1. The Bertz CT molecular complexity index is 896. The molecule has 0 saturated carbocycles.